The fraction of sp³-hybridized carbons (Fsp3) is 0.824. The molecular weight excluding hydrogens is 276 g/mol. The Morgan fingerprint density at radius 3 is 2.64 bits per heavy atom. The second-order valence-corrected chi connectivity index (χ2v) is 7.11. The molecule has 5 nitrogen and oxygen atoms in total. The number of likely N-dealkylation sites (tertiary alicyclic amines) is 1. The normalized spacial score (nSPS) is 26.2. The molecule has 0 bridgehead atoms. The molecule has 3 aliphatic rings. The van der Waals surface area contributed by atoms with Gasteiger partial charge in [0.25, 0.3) is 0 Å². The van der Waals surface area contributed by atoms with E-state index in [0.29, 0.717) is 5.91 Å². The topological polar surface area (TPSA) is 51.0 Å². The molecule has 0 aromatic carbocycles. The molecule has 1 saturated heterocycles. The van der Waals surface area contributed by atoms with Gasteiger partial charge in [0.1, 0.15) is 5.82 Å². The summed E-state index contributed by atoms with van der Waals surface area (Å²) in [7, 11) is 0. The molecular formula is C17H26N4O. The standard InChI is InChI=1S/C17H26N4O/c22-17(13-7-3-4-8-13)20-12-6-9-14(20)16-19-18-15-10-2-1-5-11-21(15)16/h13-14H,1-12H2/t14-/m0/s1. The molecule has 4 rings (SSSR count). The lowest BCUT2D eigenvalue weighted by Crippen LogP contribution is -2.36. The lowest BCUT2D eigenvalue weighted by atomic mass is 10.1. The summed E-state index contributed by atoms with van der Waals surface area (Å²) in [6.07, 6.45) is 11.5. The maximum atomic E-state index is 12.9. The van der Waals surface area contributed by atoms with Crippen LogP contribution in [0.25, 0.3) is 0 Å². The molecule has 22 heavy (non-hydrogen) atoms. The van der Waals surface area contributed by atoms with Gasteiger partial charge in [0.15, 0.2) is 5.82 Å². The molecule has 1 amide bonds. The molecule has 0 spiro atoms. The number of fused-ring (bicyclic) bond motifs is 1. The van der Waals surface area contributed by atoms with E-state index in [1.807, 2.05) is 0 Å². The van der Waals surface area contributed by atoms with Crippen molar-refractivity contribution in [3.63, 3.8) is 0 Å². The van der Waals surface area contributed by atoms with Crippen molar-refractivity contribution in [2.24, 2.45) is 5.92 Å². The second-order valence-electron chi connectivity index (χ2n) is 7.11. The lowest BCUT2D eigenvalue weighted by molar-refractivity contribution is -0.136. The maximum absolute atomic E-state index is 12.9. The number of carbonyl (C=O) groups excluding carboxylic acids is 1. The fourth-order valence-corrected chi connectivity index (χ4v) is 4.46. The van der Waals surface area contributed by atoms with Crippen LogP contribution in [0, 0.1) is 5.92 Å². The Bertz CT molecular complexity index is 547. The summed E-state index contributed by atoms with van der Waals surface area (Å²) in [6.45, 7) is 1.93. The number of aromatic nitrogens is 3. The third-order valence-electron chi connectivity index (χ3n) is 5.68. The molecule has 0 radical (unpaired) electrons. The van der Waals surface area contributed by atoms with Crippen molar-refractivity contribution >= 4 is 5.91 Å². The van der Waals surface area contributed by atoms with Gasteiger partial charge in [-0.1, -0.05) is 19.3 Å². The second kappa shape index (κ2) is 6.01. The summed E-state index contributed by atoms with van der Waals surface area (Å²) in [6, 6.07) is 0.174. The molecule has 0 unspecified atom stereocenters. The minimum Gasteiger partial charge on any atom is -0.332 e. The zero-order valence-corrected chi connectivity index (χ0v) is 13.3. The van der Waals surface area contributed by atoms with Crippen LogP contribution in [0.2, 0.25) is 0 Å². The predicted octanol–water partition coefficient (Wildman–Crippen LogP) is 2.86. The number of amides is 1. The molecule has 1 aromatic rings. The van der Waals surface area contributed by atoms with Crippen molar-refractivity contribution in [1.29, 1.82) is 0 Å². The van der Waals surface area contributed by atoms with Crippen molar-refractivity contribution in [2.45, 2.75) is 76.8 Å². The zero-order chi connectivity index (χ0) is 14.9. The van der Waals surface area contributed by atoms with Gasteiger partial charge in [0, 0.05) is 25.4 Å². The Morgan fingerprint density at radius 2 is 1.77 bits per heavy atom. The van der Waals surface area contributed by atoms with Crippen LogP contribution >= 0.6 is 0 Å². The van der Waals surface area contributed by atoms with Gasteiger partial charge in [0.05, 0.1) is 6.04 Å². The molecule has 3 heterocycles. The van der Waals surface area contributed by atoms with E-state index >= 15 is 0 Å². The van der Waals surface area contributed by atoms with Gasteiger partial charge in [-0.25, -0.2) is 0 Å². The molecule has 120 valence electrons. The monoisotopic (exact) mass is 302 g/mol. The first-order chi connectivity index (χ1) is 10.8. The first kappa shape index (κ1) is 14.2. The largest absolute Gasteiger partial charge is 0.332 e. The summed E-state index contributed by atoms with van der Waals surface area (Å²) < 4.78 is 2.32. The van der Waals surface area contributed by atoms with E-state index in [2.05, 4.69) is 19.7 Å². The molecule has 1 aliphatic carbocycles. The van der Waals surface area contributed by atoms with Crippen LogP contribution in [0.4, 0.5) is 0 Å². The highest BCUT2D eigenvalue weighted by molar-refractivity contribution is 5.79. The quantitative estimate of drug-likeness (QED) is 0.844. The van der Waals surface area contributed by atoms with E-state index in [4.69, 9.17) is 0 Å². The number of hydrogen-bond acceptors (Lipinski definition) is 3. The average Bonchev–Trinajstić information content (AvgIpc) is 3.24. The van der Waals surface area contributed by atoms with Crippen molar-refractivity contribution in [2.75, 3.05) is 6.54 Å². The fourth-order valence-electron chi connectivity index (χ4n) is 4.46. The van der Waals surface area contributed by atoms with Gasteiger partial charge in [-0.05, 0) is 38.5 Å². The summed E-state index contributed by atoms with van der Waals surface area (Å²) in [5.74, 6) is 2.84. The zero-order valence-electron chi connectivity index (χ0n) is 13.3. The first-order valence-corrected chi connectivity index (χ1v) is 9.07. The maximum Gasteiger partial charge on any atom is 0.226 e. The van der Waals surface area contributed by atoms with Crippen LogP contribution in [0.15, 0.2) is 0 Å². The molecule has 1 aromatic heterocycles. The van der Waals surface area contributed by atoms with Gasteiger partial charge in [-0.15, -0.1) is 10.2 Å². The summed E-state index contributed by atoms with van der Waals surface area (Å²) >= 11 is 0. The third kappa shape index (κ3) is 2.44. The van der Waals surface area contributed by atoms with E-state index in [1.54, 1.807) is 0 Å². The predicted molar refractivity (Wildman–Crippen MR) is 83.2 cm³/mol. The molecule has 1 atom stereocenters. The van der Waals surface area contributed by atoms with Crippen LogP contribution in [0.1, 0.15) is 75.5 Å². The van der Waals surface area contributed by atoms with E-state index < -0.39 is 0 Å². The molecule has 2 aliphatic heterocycles. The van der Waals surface area contributed by atoms with Crippen LogP contribution in [0.5, 0.6) is 0 Å². The van der Waals surface area contributed by atoms with Crippen LogP contribution < -0.4 is 0 Å². The Hall–Kier alpha value is -1.39. The smallest absolute Gasteiger partial charge is 0.226 e. The first-order valence-electron chi connectivity index (χ1n) is 9.07. The van der Waals surface area contributed by atoms with Crippen LogP contribution in [-0.2, 0) is 17.8 Å². The molecule has 2 fully saturated rings. The van der Waals surface area contributed by atoms with Crippen LogP contribution in [-0.4, -0.2) is 32.1 Å². The number of aryl methyl sites for hydroxylation is 1. The van der Waals surface area contributed by atoms with Gasteiger partial charge < -0.3 is 9.47 Å². The van der Waals surface area contributed by atoms with E-state index in [1.165, 1.54) is 32.1 Å². The Kier molecular flexibility index (Phi) is 3.89. The van der Waals surface area contributed by atoms with E-state index in [-0.39, 0.29) is 12.0 Å². The third-order valence-corrected chi connectivity index (χ3v) is 5.68. The molecule has 1 saturated carbocycles. The summed E-state index contributed by atoms with van der Waals surface area (Å²) in [5.41, 5.74) is 0. The van der Waals surface area contributed by atoms with Gasteiger partial charge in [0.2, 0.25) is 5.91 Å². The Balaban J connectivity index is 1.58. The van der Waals surface area contributed by atoms with Gasteiger partial charge >= 0.3 is 0 Å². The van der Waals surface area contributed by atoms with Crippen molar-refractivity contribution in [1.82, 2.24) is 19.7 Å². The highest BCUT2D eigenvalue weighted by Gasteiger charge is 2.37. The minimum atomic E-state index is 0.174. The molecule has 0 N–H and O–H groups in total. The highest BCUT2D eigenvalue weighted by Crippen LogP contribution is 2.36. The van der Waals surface area contributed by atoms with Crippen molar-refractivity contribution < 1.29 is 4.79 Å². The lowest BCUT2D eigenvalue weighted by Gasteiger charge is -2.27. The number of carbonyl (C=O) groups is 1. The highest BCUT2D eigenvalue weighted by atomic mass is 16.2. The Morgan fingerprint density at radius 1 is 0.909 bits per heavy atom. The molecule has 5 heteroatoms. The summed E-state index contributed by atoms with van der Waals surface area (Å²) in [4.78, 5) is 15.0. The van der Waals surface area contributed by atoms with Crippen molar-refractivity contribution in [3.8, 4) is 0 Å². The summed E-state index contributed by atoms with van der Waals surface area (Å²) in [5, 5.41) is 8.93. The van der Waals surface area contributed by atoms with Gasteiger partial charge in [-0.2, -0.15) is 0 Å². The van der Waals surface area contributed by atoms with Crippen molar-refractivity contribution in [3.05, 3.63) is 11.6 Å². The SMILES string of the molecule is O=C(C1CCCC1)N1CCC[C@H]1c1nnc2n1CCCCC2. The number of hydrogen-bond donors (Lipinski definition) is 0. The van der Waals surface area contributed by atoms with Crippen LogP contribution in [0.3, 0.4) is 0 Å². The Labute approximate surface area is 132 Å². The van der Waals surface area contributed by atoms with E-state index in [0.717, 1.165) is 56.8 Å². The average molecular weight is 302 g/mol. The van der Waals surface area contributed by atoms with Gasteiger partial charge in [-0.3, -0.25) is 4.79 Å². The number of nitrogens with zero attached hydrogens (tertiary/aromatic N) is 4. The minimum absolute atomic E-state index is 0.174. The number of rotatable bonds is 2. The van der Waals surface area contributed by atoms with E-state index in [9.17, 15) is 4.79 Å².